The third-order valence-electron chi connectivity index (χ3n) is 3.70. The van der Waals surface area contributed by atoms with Crippen LogP contribution in [-0.4, -0.2) is 36.2 Å². The molecule has 0 radical (unpaired) electrons. The van der Waals surface area contributed by atoms with E-state index in [2.05, 4.69) is 16.7 Å². The van der Waals surface area contributed by atoms with Gasteiger partial charge in [-0.1, -0.05) is 17.9 Å². The summed E-state index contributed by atoms with van der Waals surface area (Å²) in [6, 6.07) is 4.75. The molecule has 1 heterocycles. The molecule has 1 fully saturated rings. The third-order valence-corrected chi connectivity index (χ3v) is 3.70. The monoisotopic (exact) mass is 276 g/mol. The van der Waals surface area contributed by atoms with Crippen molar-refractivity contribution in [3.8, 4) is 11.8 Å². The first-order valence-corrected chi connectivity index (χ1v) is 7.03. The number of benzene rings is 1. The molecule has 0 aliphatic carbocycles. The normalized spacial score (nSPS) is 18.9. The first-order chi connectivity index (χ1) is 9.72. The fourth-order valence-corrected chi connectivity index (χ4v) is 2.66. The molecular formula is C16H21FN2O. The summed E-state index contributed by atoms with van der Waals surface area (Å²) in [4.78, 5) is 2.33. The van der Waals surface area contributed by atoms with Crippen LogP contribution >= 0.6 is 0 Å². The molecule has 2 rings (SSSR count). The summed E-state index contributed by atoms with van der Waals surface area (Å²) in [5.41, 5.74) is 7.14. The summed E-state index contributed by atoms with van der Waals surface area (Å²) in [7, 11) is 0. The minimum atomic E-state index is -0.269. The number of hydrogen-bond donors (Lipinski definition) is 2. The lowest BCUT2D eigenvalue weighted by molar-refractivity contribution is 0.249. The Hall–Kier alpha value is -1.41. The van der Waals surface area contributed by atoms with Gasteiger partial charge < -0.3 is 10.8 Å². The van der Waals surface area contributed by atoms with Gasteiger partial charge in [0.15, 0.2) is 0 Å². The van der Waals surface area contributed by atoms with Crippen molar-refractivity contribution in [3.05, 3.63) is 35.1 Å². The van der Waals surface area contributed by atoms with Crippen molar-refractivity contribution >= 4 is 0 Å². The Labute approximate surface area is 119 Å². The molecule has 0 spiro atoms. The fourth-order valence-electron chi connectivity index (χ4n) is 2.66. The Morgan fingerprint density at radius 2 is 2.30 bits per heavy atom. The molecule has 0 amide bonds. The van der Waals surface area contributed by atoms with Gasteiger partial charge in [-0.3, -0.25) is 4.90 Å². The molecule has 3 nitrogen and oxygen atoms in total. The first kappa shape index (κ1) is 15.0. The zero-order valence-electron chi connectivity index (χ0n) is 11.6. The van der Waals surface area contributed by atoms with Gasteiger partial charge in [-0.05, 0) is 43.0 Å². The predicted molar refractivity (Wildman–Crippen MR) is 77.4 cm³/mol. The summed E-state index contributed by atoms with van der Waals surface area (Å²) >= 11 is 0. The molecule has 3 N–H and O–H groups in total. The van der Waals surface area contributed by atoms with Gasteiger partial charge >= 0.3 is 0 Å². The Morgan fingerprint density at radius 3 is 3.05 bits per heavy atom. The topological polar surface area (TPSA) is 49.5 Å². The van der Waals surface area contributed by atoms with Crippen LogP contribution in [0.25, 0.3) is 0 Å². The number of rotatable bonds is 4. The van der Waals surface area contributed by atoms with Crippen molar-refractivity contribution < 1.29 is 9.50 Å². The van der Waals surface area contributed by atoms with Gasteiger partial charge in [-0.15, -0.1) is 0 Å². The number of aliphatic hydroxyl groups is 1. The van der Waals surface area contributed by atoms with Gasteiger partial charge in [0.25, 0.3) is 0 Å². The molecule has 1 saturated heterocycles. The minimum Gasteiger partial charge on any atom is -0.396 e. The largest absolute Gasteiger partial charge is 0.396 e. The Morgan fingerprint density at radius 1 is 1.45 bits per heavy atom. The standard InChI is InChI=1S/C16H21FN2O/c17-16-4-3-15(14(10-16)2-1-7-18)12-19-8-5-13(11-19)6-9-20/h3-4,10,13,20H,5-9,11-12,18H2. The Balaban J connectivity index is 2.06. The lowest BCUT2D eigenvalue weighted by Crippen LogP contribution is -2.21. The maximum Gasteiger partial charge on any atom is 0.124 e. The minimum absolute atomic E-state index is 0.252. The molecule has 1 unspecified atom stereocenters. The van der Waals surface area contributed by atoms with E-state index in [1.54, 1.807) is 6.07 Å². The smallest absolute Gasteiger partial charge is 0.124 e. The van der Waals surface area contributed by atoms with E-state index in [1.165, 1.54) is 12.1 Å². The zero-order chi connectivity index (χ0) is 14.4. The fraction of sp³-hybridized carbons (Fsp3) is 0.500. The van der Waals surface area contributed by atoms with Gasteiger partial charge in [0.05, 0.1) is 6.54 Å². The van der Waals surface area contributed by atoms with Gasteiger partial charge in [0.2, 0.25) is 0 Å². The van der Waals surface area contributed by atoms with E-state index in [0.717, 1.165) is 43.6 Å². The van der Waals surface area contributed by atoms with E-state index in [0.29, 0.717) is 5.92 Å². The maximum atomic E-state index is 13.3. The van der Waals surface area contributed by atoms with Gasteiger partial charge in [-0.2, -0.15) is 0 Å². The highest BCUT2D eigenvalue weighted by Crippen LogP contribution is 2.22. The van der Waals surface area contributed by atoms with Crippen LogP contribution in [0.2, 0.25) is 0 Å². The zero-order valence-corrected chi connectivity index (χ0v) is 11.6. The second-order valence-corrected chi connectivity index (χ2v) is 5.21. The van der Waals surface area contributed by atoms with E-state index < -0.39 is 0 Å². The molecule has 1 aromatic rings. The number of hydrogen-bond acceptors (Lipinski definition) is 3. The second-order valence-electron chi connectivity index (χ2n) is 5.21. The van der Waals surface area contributed by atoms with E-state index in [-0.39, 0.29) is 19.0 Å². The molecule has 20 heavy (non-hydrogen) atoms. The van der Waals surface area contributed by atoms with Crippen molar-refractivity contribution in [2.24, 2.45) is 11.7 Å². The average molecular weight is 276 g/mol. The Kier molecular flexibility index (Phi) is 5.54. The molecule has 0 saturated carbocycles. The van der Waals surface area contributed by atoms with E-state index in [1.807, 2.05) is 0 Å². The van der Waals surface area contributed by atoms with Crippen LogP contribution in [0.3, 0.4) is 0 Å². The lowest BCUT2D eigenvalue weighted by Gasteiger charge is -2.17. The number of halogens is 1. The van der Waals surface area contributed by atoms with Crippen LogP contribution in [0, 0.1) is 23.6 Å². The predicted octanol–water partition coefficient (Wildman–Crippen LogP) is 1.34. The van der Waals surface area contributed by atoms with Crippen molar-refractivity contribution in [2.45, 2.75) is 19.4 Å². The molecule has 1 aromatic carbocycles. The first-order valence-electron chi connectivity index (χ1n) is 7.03. The molecule has 108 valence electrons. The molecular weight excluding hydrogens is 255 g/mol. The SMILES string of the molecule is NCC#Cc1cc(F)ccc1CN1CCC(CCO)C1. The molecule has 1 aliphatic heterocycles. The van der Waals surface area contributed by atoms with Crippen LogP contribution in [0.15, 0.2) is 18.2 Å². The van der Waals surface area contributed by atoms with Crippen molar-refractivity contribution in [1.82, 2.24) is 4.90 Å². The number of nitrogens with zero attached hydrogens (tertiary/aromatic N) is 1. The van der Waals surface area contributed by atoms with Crippen molar-refractivity contribution in [3.63, 3.8) is 0 Å². The third kappa shape index (κ3) is 4.04. The summed E-state index contributed by atoms with van der Waals surface area (Å²) in [6.07, 6.45) is 1.98. The number of aliphatic hydroxyl groups excluding tert-OH is 1. The van der Waals surface area contributed by atoms with Gasteiger partial charge in [0, 0.05) is 25.3 Å². The van der Waals surface area contributed by atoms with Crippen LogP contribution in [0.1, 0.15) is 24.0 Å². The summed E-state index contributed by atoms with van der Waals surface area (Å²) in [5.74, 6) is 6.03. The van der Waals surface area contributed by atoms with E-state index >= 15 is 0 Å². The van der Waals surface area contributed by atoms with Gasteiger partial charge in [0.1, 0.15) is 5.82 Å². The van der Waals surface area contributed by atoms with Crippen LogP contribution in [0.5, 0.6) is 0 Å². The summed E-state index contributed by atoms with van der Waals surface area (Å²) in [6.45, 7) is 3.31. The molecule has 1 atom stereocenters. The number of likely N-dealkylation sites (tertiary alicyclic amines) is 1. The van der Waals surface area contributed by atoms with Gasteiger partial charge in [-0.25, -0.2) is 4.39 Å². The van der Waals surface area contributed by atoms with Crippen molar-refractivity contribution in [2.75, 3.05) is 26.2 Å². The quantitative estimate of drug-likeness (QED) is 0.816. The van der Waals surface area contributed by atoms with E-state index in [4.69, 9.17) is 10.8 Å². The molecule has 0 bridgehead atoms. The van der Waals surface area contributed by atoms with E-state index in [9.17, 15) is 4.39 Å². The summed E-state index contributed by atoms with van der Waals surface area (Å²) in [5, 5.41) is 8.98. The van der Waals surface area contributed by atoms with Crippen LogP contribution in [0.4, 0.5) is 4.39 Å². The average Bonchev–Trinajstić information content (AvgIpc) is 2.87. The highest BCUT2D eigenvalue weighted by molar-refractivity contribution is 5.42. The highest BCUT2D eigenvalue weighted by Gasteiger charge is 2.22. The van der Waals surface area contributed by atoms with Crippen LogP contribution < -0.4 is 5.73 Å². The second kappa shape index (κ2) is 7.39. The maximum absolute atomic E-state index is 13.3. The highest BCUT2D eigenvalue weighted by atomic mass is 19.1. The Bertz CT molecular complexity index is 507. The molecule has 1 aliphatic rings. The van der Waals surface area contributed by atoms with Crippen molar-refractivity contribution in [1.29, 1.82) is 0 Å². The molecule has 4 heteroatoms. The lowest BCUT2D eigenvalue weighted by atomic mass is 10.1. The molecule has 0 aromatic heterocycles. The summed E-state index contributed by atoms with van der Waals surface area (Å²) < 4.78 is 13.3. The number of nitrogens with two attached hydrogens (primary N) is 1. The van der Waals surface area contributed by atoms with Crippen LogP contribution in [-0.2, 0) is 6.54 Å².